The molecule has 1 aliphatic rings. The molecular weight excluding hydrogens is 566 g/mol. The number of aliphatic hydroxyl groups is 1. The van der Waals surface area contributed by atoms with E-state index in [2.05, 4.69) is 10.2 Å². The molecule has 4 nitrogen and oxygen atoms in total. The molecule has 2 N–H and O–H groups in total. The van der Waals surface area contributed by atoms with Gasteiger partial charge in [0.15, 0.2) is 0 Å². The van der Waals surface area contributed by atoms with Crippen LogP contribution in [0.3, 0.4) is 0 Å². The number of nitrogens with one attached hydrogen (secondary N) is 1. The summed E-state index contributed by atoms with van der Waals surface area (Å²) < 4.78 is 85.1. The van der Waals surface area contributed by atoms with Crippen molar-refractivity contribution >= 4 is 11.3 Å². The van der Waals surface area contributed by atoms with Crippen molar-refractivity contribution in [2.75, 3.05) is 33.3 Å². The van der Waals surface area contributed by atoms with Gasteiger partial charge in [-0.25, -0.2) is 0 Å². The summed E-state index contributed by atoms with van der Waals surface area (Å²) in [6, 6.07) is 14.9. The van der Waals surface area contributed by atoms with Gasteiger partial charge in [0.2, 0.25) is 0 Å². The summed E-state index contributed by atoms with van der Waals surface area (Å²) in [5.74, 6) is 0.0159. The smallest absolute Gasteiger partial charge is 0.385 e. The molecule has 11 heteroatoms. The van der Waals surface area contributed by atoms with E-state index < -0.39 is 29.1 Å². The second-order valence-corrected chi connectivity index (χ2v) is 11.5. The molecule has 2 unspecified atom stereocenters. The van der Waals surface area contributed by atoms with Crippen molar-refractivity contribution in [3.8, 4) is 0 Å². The van der Waals surface area contributed by atoms with Crippen molar-refractivity contribution in [1.82, 2.24) is 10.2 Å². The maximum Gasteiger partial charge on any atom is 0.416 e. The third-order valence-electron chi connectivity index (χ3n) is 7.73. The van der Waals surface area contributed by atoms with Crippen LogP contribution in [0, 0.1) is 0 Å². The van der Waals surface area contributed by atoms with Crippen LogP contribution in [0.4, 0.5) is 26.3 Å². The van der Waals surface area contributed by atoms with Gasteiger partial charge in [-0.15, -0.1) is 11.3 Å². The molecule has 0 aliphatic carbocycles. The number of thiophene rings is 1. The normalized spacial score (nSPS) is 17.9. The molecule has 2 atom stereocenters. The zero-order chi connectivity index (χ0) is 29.7. The molecule has 1 saturated heterocycles. The number of likely N-dealkylation sites (N-methyl/N-ethyl adjacent to an activating group) is 1. The summed E-state index contributed by atoms with van der Waals surface area (Å²) in [6.45, 7) is 1.96. The highest BCUT2D eigenvalue weighted by molar-refractivity contribution is 7.10. The Morgan fingerprint density at radius 2 is 1.59 bits per heavy atom. The Labute approximate surface area is 240 Å². The summed E-state index contributed by atoms with van der Waals surface area (Å²) >= 11 is 1.59. The van der Waals surface area contributed by atoms with Gasteiger partial charge in [-0.2, -0.15) is 26.3 Å². The third-order valence-corrected chi connectivity index (χ3v) is 8.73. The van der Waals surface area contributed by atoms with Crippen molar-refractivity contribution in [2.45, 2.75) is 55.8 Å². The molecule has 0 bridgehead atoms. The average molecular weight is 601 g/mol. The first-order chi connectivity index (χ1) is 19.4. The second kappa shape index (κ2) is 13.2. The number of rotatable bonds is 11. The average Bonchev–Trinajstić information content (AvgIpc) is 3.47. The van der Waals surface area contributed by atoms with Crippen molar-refractivity contribution in [2.24, 2.45) is 0 Å². The number of alkyl halides is 6. The predicted molar refractivity (Wildman–Crippen MR) is 147 cm³/mol. The van der Waals surface area contributed by atoms with Crippen LogP contribution in [0.25, 0.3) is 0 Å². The number of benzene rings is 2. The van der Waals surface area contributed by atoms with E-state index in [1.54, 1.807) is 18.4 Å². The van der Waals surface area contributed by atoms with Crippen LogP contribution in [-0.4, -0.2) is 49.3 Å². The standard InChI is InChI=1S/C30H34F6N2O2S/c1-37-26(20-40-19-21-16-23(29(31,32)33)18-24(17-21)30(34,35)36)25(27-8-5-15-41-27)9-12-38-13-10-28(39,11-14-38)22-6-3-2-4-7-22/h2-8,15-18,25-26,37,39H,9-14,19-20H2,1H3. The lowest BCUT2D eigenvalue weighted by Crippen LogP contribution is -2.44. The first kappa shape index (κ1) is 31.5. The summed E-state index contributed by atoms with van der Waals surface area (Å²) in [7, 11) is 1.77. The first-order valence-corrected chi connectivity index (χ1v) is 14.3. The van der Waals surface area contributed by atoms with Gasteiger partial charge in [0.1, 0.15) is 0 Å². The molecule has 1 aromatic heterocycles. The van der Waals surface area contributed by atoms with Gasteiger partial charge in [0.05, 0.1) is 29.9 Å². The minimum Gasteiger partial charge on any atom is -0.385 e. The topological polar surface area (TPSA) is 44.7 Å². The monoisotopic (exact) mass is 600 g/mol. The quantitative estimate of drug-likeness (QED) is 0.232. The lowest BCUT2D eigenvalue weighted by Gasteiger charge is -2.39. The van der Waals surface area contributed by atoms with E-state index in [1.807, 2.05) is 47.8 Å². The highest BCUT2D eigenvalue weighted by atomic mass is 32.1. The van der Waals surface area contributed by atoms with Crippen LogP contribution >= 0.6 is 11.3 Å². The van der Waals surface area contributed by atoms with Crippen molar-refractivity contribution in [3.05, 3.63) is 93.2 Å². The van der Waals surface area contributed by atoms with Crippen LogP contribution in [0.1, 0.15) is 52.3 Å². The SMILES string of the molecule is CNC(COCc1cc(C(F)(F)F)cc(C(F)(F)F)c1)C(CCN1CCC(O)(c2ccccc2)CC1)c1cccs1. The highest BCUT2D eigenvalue weighted by Crippen LogP contribution is 2.37. The fourth-order valence-corrected chi connectivity index (χ4v) is 6.28. The zero-order valence-electron chi connectivity index (χ0n) is 22.6. The lowest BCUT2D eigenvalue weighted by molar-refractivity contribution is -0.143. The van der Waals surface area contributed by atoms with E-state index in [0.29, 0.717) is 25.0 Å². The molecule has 2 heterocycles. The van der Waals surface area contributed by atoms with E-state index >= 15 is 0 Å². The summed E-state index contributed by atoms with van der Waals surface area (Å²) in [5, 5.41) is 16.4. The maximum absolute atomic E-state index is 13.2. The zero-order valence-corrected chi connectivity index (χ0v) is 23.5. The largest absolute Gasteiger partial charge is 0.416 e. The van der Waals surface area contributed by atoms with Gasteiger partial charge in [0, 0.05) is 29.9 Å². The Bertz CT molecular complexity index is 1190. The first-order valence-electron chi connectivity index (χ1n) is 13.5. The minimum absolute atomic E-state index is 0.0159. The van der Waals surface area contributed by atoms with Crippen LogP contribution in [0.2, 0.25) is 0 Å². The van der Waals surface area contributed by atoms with E-state index in [4.69, 9.17) is 4.74 Å². The number of ether oxygens (including phenoxy) is 1. The minimum atomic E-state index is -4.90. The number of likely N-dealkylation sites (tertiary alicyclic amines) is 1. The van der Waals surface area contributed by atoms with Crippen LogP contribution in [0.5, 0.6) is 0 Å². The van der Waals surface area contributed by atoms with Gasteiger partial charge in [-0.1, -0.05) is 36.4 Å². The Morgan fingerprint density at radius 1 is 0.951 bits per heavy atom. The van der Waals surface area contributed by atoms with Crippen molar-refractivity contribution in [1.29, 1.82) is 0 Å². The second-order valence-electron chi connectivity index (χ2n) is 10.5. The molecule has 0 spiro atoms. The van der Waals surface area contributed by atoms with Crippen molar-refractivity contribution < 1.29 is 36.2 Å². The molecule has 4 rings (SSSR count). The van der Waals surface area contributed by atoms with E-state index in [9.17, 15) is 31.4 Å². The van der Waals surface area contributed by atoms with Gasteiger partial charge in [-0.3, -0.25) is 0 Å². The van der Waals surface area contributed by atoms with Crippen molar-refractivity contribution in [3.63, 3.8) is 0 Å². The number of hydrogen-bond donors (Lipinski definition) is 2. The molecule has 2 aromatic carbocycles. The molecule has 41 heavy (non-hydrogen) atoms. The number of hydrogen-bond acceptors (Lipinski definition) is 5. The molecule has 224 valence electrons. The van der Waals surface area contributed by atoms with E-state index in [-0.39, 0.29) is 36.8 Å². The van der Waals surface area contributed by atoms with Crippen LogP contribution in [-0.2, 0) is 29.3 Å². The Hall–Kier alpha value is -2.44. The fraction of sp³-hybridized carbons (Fsp3) is 0.467. The molecule has 3 aromatic rings. The van der Waals surface area contributed by atoms with Gasteiger partial charge in [0.25, 0.3) is 0 Å². The summed E-state index contributed by atoms with van der Waals surface area (Å²) in [6.07, 6.45) is -7.80. The summed E-state index contributed by atoms with van der Waals surface area (Å²) in [4.78, 5) is 3.43. The van der Waals surface area contributed by atoms with Gasteiger partial charge in [-0.05, 0) is 73.6 Å². The third kappa shape index (κ3) is 8.32. The summed E-state index contributed by atoms with van der Waals surface area (Å²) in [5.41, 5.74) is -2.82. The molecule has 0 saturated carbocycles. The van der Waals surface area contributed by atoms with E-state index in [1.165, 1.54) is 0 Å². The number of halogens is 6. The molecule has 0 radical (unpaired) electrons. The van der Waals surface area contributed by atoms with Crippen LogP contribution in [0.15, 0.2) is 66.0 Å². The van der Waals surface area contributed by atoms with Crippen LogP contribution < -0.4 is 5.32 Å². The Morgan fingerprint density at radius 3 is 2.12 bits per heavy atom. The number of nitrogens with zero attached hydrogens (tertiary/aromatic N) is 1. The molecule has 1 aliphatic heterocycles. The van der Waals surface area contributed by atoms with E-state index in [0.717, 1.165) is 36.5 Å². The Balaban J connectivity index is 1.38. The molecular formula is C30H34F6N2O2S. The maximum atomic E-state index is 13.2. The van der Waals surface area contributed by atoms with Gasteiger partial charge >= 0.3 is 12.4 Å². The lowest BCUT2D eigenvalue weighted by atomic mass is 9.84. The highest BCUT2D eigenvalue weighted by Gasteiger charge is 2.37. The molecule has 0 amide bonds. The molecule has 1 fully saturated rings. The number of piperidine rings is 1. The fourth-order valence-electron chi connectivity index (χ4n) is 5.36. The predicted octanol–water partition coefficient (Wildman–Crippen LogP) is 7.05. The van der Waals surface area contributed by atoms with Gasteiger partial charge < -0.3 is 20.1 Å². The Kier molecular flexibility index (Phi) is 10.2.